The standard InChI is InChI=1S/C19H17FN4O2/c1-9-7-23-18(25)6-12(9)10-2-11-4-17(22-8-14(11)16(21)3-10)24-19(26)13-5-15(13)20/h2-4,6-8,13,15H,5,21H2,1H3,(H,23,25)(H,22,24,26)/t13?,15-/m1/s1. The van der Waals surface area contributed by atoms with Gasteiger partial charge in [0, 0.05) is 29.5 Å². The Morgan fingerprint density at radius 3 is 2.85 bits per heavy atom. The van der Waals surface area contributed by atoms with Crippen LogP contribution >= 0.6 is 0 Å². The molecule has 0 spiro atoms. The summed E-state index contributed by atoms with van der Waals surface area (Å²) < 4.78 is 13.0. The van der Waals surface area contributed by atoms with Crippen molar-refractivity contribution in [3.63, 3.8) is 0 Å². The number of nitrogen functional groups attached to an aromatic ring is 1. The minimum Gasteiger partial charge on any atom is -0.398 e. The van der Waals surface area contributed by atoms with Crippen molar-refractivity contribution in [1.82, 2.24) is 9.97 Å². The molecule has 4 rings (SSSR count). The van der Waals surface area contributed by atoms with Crippen molar-refractivity contribution in [3.05, 3.63) is 52.6 Å². The number of hydrogen-bond acceptors (Lipinski definition) is 4. The lowest BCUT2D eigenvalue weighted by Gasteiger charge is -2.11. The quantitative estimate of drug-likeness (QED) is 0.631. The first kappa shape index (κ1) is 16.3. The molecular weight excluding hydrogens is 335 g/mol. The minimum atomic E-state index is -1.06. The van der Waals surface area contributed by atoms with E-state index in [1.807, 2.05) is 13.0 Å². The Balaban J connectivity index is 1.76. The Hall–Kier alpha value is -3.22. The number of amides is 1. The SMILES string of the molecule is Cc1c[nH]c(=O)cc1-c1cc(N)c2cnc(NC(=O)C3C[C@H]3F)cc2c1. The van der Waals surface area contributed by atoms with Crippen LogP contribution in [0.3, 0.4) is 0 Å². The van der Waals surface area contributed by atoms with Gasteiger partial charge >= 0.3 is 0 Å². The van der Waals surface area contributed by atoms with Gasteiger partial charge in [-0.05, 0) is 53.6 Å². The van der Waals surface area contributed by atoms with E-state index in [0.717, 1.165) is 27.5 Å². The van der Waals surface area contributed by atoms with Gasteiger partial charge in [0.05, 0.1) is 5.92 Å². The summed E-state index contributed by atoms with van der Waals surface area (Å²) in [6.45, 7) is 1.90. The van der Waals surface area contributed by atoms with E-state index >= 15 is 0 Å². The first-order valence-electron chi connectivity index (χ1n) is 8.26. The van der Waals surface area contributed by atoms with Gasteiger partial charge in [-0.2, -0.15) is 0 Å². The minimum absolute atomic E-state index is 0.197. The largest absolute Gasteiger partial charge is 0.398 e. The molecule has 7 heteroatoms. The molecule has 2 heterocycles. The molecule has 1 amide bonds. The molecule has 0 saturated heterocycles. The molecule has 1 unspecified atom stereocenters. The summed E-state index contributed by atoms with van der Waals surface area (Å²) in [5, 5.41) is 4.16. The number of aryl methyl sites for hydroxylation is 1. The lowest BCUT2D eigenvalue weighted by atomic mass is 9.98. The van der Waals surface area contributed by atoms with Gasteiger partial charge in [-0.15, -0.1) is 0 Å². The van der Waals surface area contributed by atoms with Crippen LogP contribution in [0.1, 0.15) is 12.0 Å². The van der Waals surface area contributed by atoms with Gasteiger partial charge in [0.25, 0.3) is 0 Å². The number of rotatable bonds is 3. The van der Waals surface area contributed by atoms with Crippen molar-refractivity contribution in [1.29, 1.82) is 0 Å². The van der Waals surface area contributed by atoms with Gasteiger partial charge in [0.2, 0.25) is 11.5 Å². The average molecular weight is 352 g/mol. The van der Waals surface area contributed by atoms with Crippen molar-refractivity contribution in [2.45, 2.75) is 19.5 Å². The number of nitrogens with two attached hydrogens (primary N) is 1. The van der Waals surface area contributed by atoms with Crippen molar-refractivity contribution in [2.75, 3.05) is 11.1 Å². The fourth-order valence-corrected chi connectivity index (χ4v) is 3.02. The lowest BCUT2D eigenvalue weighted by Crippen LogP contribution is -2.15. The maximum absolute atomic E-state index is 13.0. The normalized spacial score (nSPS) is 18.7. The highest BCUT2D eigenvalue weighted by molar-refractivity contribution is 6.00. The van der Waals surface area contributed by atoms with E-state index in [4.69, 9.17) is 5.73 Å². The molecular formula is C19H17FN4O2. The van der Waals surface area contributed by atoms with Gasteiger partial charge in [-0.1, -0.05) is 0 Å². The number of carbonyl (C=O) groups is 1. The molecule has 1 aromatic carbocycles. The predicted octanol–water partition coefficient (Wildman–Crippen LogP) is 2.78. The number of anilines is 2. The number of benzene rings is 1. The Morgan fingerprint density at radius 2 is 2.12 bits per heavy atom. The number of aromatic amines is 1. The molecule has 6 nitrogen and oxygen atoms in total. The van der Waals surface area contributed by atoms with E-state index in [-0.39, 0.29) is 17.9 Å². The molecule has 1 fully saturated rings. The van der Waals surface area contributed by atoms with Crippen LogP contribution in [-0.4, -0.2) is 22.0 Å². The van der Waals surface area contributed by atoms with Crippen LogP contribution in [0.4, 0.5) is 15.9 Å². The molecule has 1 aliphatic carbocycles. The van der Waals surface area contributed by atoms with Crippen LogP contribution in [0, 0.1) is 12.8 Å². The van der Waals surface area contributed by atoms with Crippen molar-refractivity contribution in [3.8, 4) is 11.1 Å². The smallest absolute Gasteiger partial charge is 0.248 e. The van der Waals surface area contributed by atoms with Crippen molar-refractivity contribution < 1.29 is 9.18 Å². The molecule has 0 bridgehead atoms. The number of halogens is 1. The van der Waals surface area contributed by atoms with Gasteiger partial charge in [0.15, 0.2) is 0 Å². The van der Waals surface area contributed by atoms with Crippen LogP contribution < -0.4 is 16.6 Å². The van der Waals surface area contributed by atoms with E-state index in [2.05, 4.69) is 15.3 Å². The molecule has 26 heavy (non-hydrogen) atoms. The molecule has 4 N–H and O–H groups in total. The number of hydrogen-bond donors (Lipinski definition) is 3. The van der Waals surface area contributed by atoms with Gasteiger partial charge in [-0.25, -0.2) is 9.37 Å². The maximum Gasteiger partial charge on any atom is 0.248 e. The molecule has 3 aromatic rings. The summed E-state index contributed by atoms with van der Waals surface area (Å²) in [5.74, 6) is -0.595. The molecule has 1 saturated carbocycles. The summed E-state index contributed by atoms with van der Waals surface area (Å²) in [7, 11) is 0. The Labute approximate surface area is 148 Å². The number of H-pyrrole nitrogens is 1. The zero-order valence-electron chi connectivity index (χ0n) is 14.0. The Kier molecular flexibility index (Phi) is 3.72. The molecule has 2 atom stereocenters. The molecule has 2 aromatic heterocycles. The van der Waals surface area contributed by atoms with Crippen LogP contribution in [0.15, 0.2) is 41.5 Å². The Morgan fingerprint density at radius 1 is 1.35 bits per heavy atom. The second-order valence-corrected chi connectivity index (χ2v) is 6.60. The topological polar surface area (TPSA) is 101 Å². The zero-order chi connectivity index (χ0) is 18.4. The van der Waals surface area contributed by atoms with Crippen LogP contribution in [-0.2, 0) is 4.79 Å². The highest BCUT2D eigenvalue weighted by atomic mass is 19.1. The summed E-state index contributed by atoms with van der Waals surface area (Å²) >= 11 is 0. The highest BCUT2D eigenvalue weighted by Crippen LogP contribution is 2.35. The number of carbonyl (C=O) groups excluding carboxylic acids is 1. The third kappa shape index (κ3) is 2.92. The fourth-order valence-electron chi connectivity index (χ4n) is 3.02. The second-order valence-electron chi connectivity index (χ2n) is 6.60. The first-order chi connectivity index (χ1) is 12.4. The fraction of sp³-hybridized carbons (Fsp3) is 0.211. The number of pyridine rings is 2. The predicted molar refractivity (Wildman–Crippen MR) is 98.6 cm³/mol. The van der Waals surface area contributed by atoms with Gasteiger partial charge in [-0.3, -0.25) is 9.59 Å². The zero-order valence-corrected chi connectivity index (χ0v) is 14.0. The number of fused-ring (bicyclic) bond motifs is 1. The van der Waals surface area contributed by atoms with E-state index in [0.29, 0.717) is 11.5 Å². The van der Waals surface area contributed by atoms with Gasteiger partial charge in [0.1, 0.15) is 12.0 Å². The van der Waals surface area contributed by atoms with Crippen molar-refractivity contribution >= 4 is 28.2 Å². The van der Waals surface area contributed by atoms with Crippen LogP contribution in [0.25, 0.3) is 21.9 Å². The van der Waals surface area contributed by atoms with Crippen molar-refractivity contribution in [2.24, 2.45) is 5.92 Å². The number of nitrogens with one attached hydrogen (secondary N) is 2. The van der Waals surface area contributed by atoms with E-state index in [9.17, 15) is 14.0 Å². The summed E-state index contributed by atoms with van der Waals surface area (Å²) in [6.07, 6.45) is 2.43. The van der Waals surface area contributed by atoms with E-state index < -0.39 is 12.1 Å². The summed E-state index contributed by atoms with van der Waals surface area (Å²) in [4.78, 5) is 30.4. The van der Waals surface area contributed by atoms with E-state index in [1.54, 1.807) is 24.5 Å². The average Bonchev–Trinajstić information content (AvgIpc) is 3.33. The van der Waals surface area contributed by atoms with E-state index in [1.165, 1.54) is 6.07 Å². The number of aromatic nitrogens is 2. The third-order valence-corrected chi connectivity index (χ3v) is 4.61. The molecule has 0 aliphatic heterocycles. The lowest BCUT2D eigenvalue weighted by molar-refractivity contribution is -0.117. The molecule has 1 aliphatic rings. The first-order valence-corrected chi connectivity index (χ1v) is 8.26. The molecule has 132 valence electrons. The Bertz CT molecular complexity index is 1090. The number of alkyl halides is 1. The molecule has 0 radical (unpaired) electrons. The highest BCUT2D eigenvalue weighted by Gasteiger charge is 2.43. The van der Waals surface area contributed by atoms with Crippen LogP contribution in [0.2, 0.25) is 0 Å². The summed E-state index contributed by atoms with van der Waals surface area (Å²) in [6, 6.07) is 6.90. The third-order valence-electron chi connectivity index (χ3n) is 4.61. The van der Waals surface area contributed by atoms with Gasteiger partial charge < -0.3 is 16.0 Å². The summed E-state index contributed by atoms with van der Waals surface area (Å²) in [5.41, 5.74) is 8.96. The maximum atomic E-state index is 13.0. The number of nitrogens with zero attached hydrogens (tertiary/aromatic N) is 1. The second kappa shape index (κ2) is 5.94. The monoisotopic (exact) mass is 352 g/mol. The van der Waals surface area contributed by atoms with Crippen LogP contribution in [0.5, 0.6) is 0 Å².